The number of ether oxygens (including phenoxy) is 2. The lowest BCUT2D eigenvalue weighted by molar-refractivity contribution is 0.00578. The topological polar surface area (TPSA) is 84.7 Å². The Kier molecular flexibility index (Phi) is 6.00. The second-order valence-electron chi connectivity index (χ2n) is 7.94. The molecule has 1 aromatic carbocycles. The number of nitrogens with zero attached hydrogens (tertiary/aromatic N) is 3. The highest BCUT2D eigenvalue weighted by atomic mass is 19.1. The zero-order valence-corrected chi connectivity index (χ0v) is 17.9. The minimum Gasteiger partial charge on any atom is -0.497 e. The lowest BCUT2D eigenvalue weighted by Crippen LogP contribution is -2.41. The Hall–Kier alpha value is -2.72. The van der Waals surface area contributed by atoms with E-state index in [1.165, 1.54) is 18.0 Å². The molecule has 0 N–H and O–H groups in total. The van der Waals surface area contributed by atoms with Gasteiger partial charge in [-0.3, -0.25) is 0 Å². The van der Waals surface area contributed by atoms with E-state index in [4.69, 9.17) is 14.0 Å². The van der Waals surface area contributed by atoms with E-state index < -0.39 is 30.0 Å². The predicted molar refractivity (Wildman–Crippen MR) is 108 cm³/mol. The Balaban J connectivity index is 2.00. The molecule has 2 heterocycles. The van der Waals surface area contributed by atoms with Gasteiger partial charge in [0.05, 0.1) is 38.2 Å². The third kappa shape index (κ3) is 4.24. The van der Waals surface area contributed by atoms with Crippen LogP contribution in [0.1, 0.15) is 43.7 Å². The molecule has 0 aliphatic carbocycles. The van der Waals surface area contributed by atoms with E-state index >= 15 is 4.39 Å². The van der Waals surface area contributed by atoms with Crippen LogP contribution in [0.2, 0.25) is 0 Å². The maximum Gasteiger partial charge on any atom is 0.525 e. The molecule has 160 valence electrons. The van der Waals surface area contributed by atoms with Crippen molar-refractivity contribution in [2.75, 3.05) is 14.2 Å². The molecule has 10 heteroatoms. The van der Waals surface area contributed by atoms with Crippen LogP contribution in [0.25, 0.3) is 5.57 Å². The third-order valence-corrected chi connectivity index (χ3v) is 5.44. The number of rotatable bonds is 6. The Labute approximate surface area is 175 Å². The Morgan fingerprint density at radius 3 is 2.27 bits per heavy atom. The monoisotopic (exact) mass is 417 g/mol. The highest BCUT2D eigenvalue weighted by Gasteiger charge is 2.53. The first-order valence-corrected chi connectivity index (χ1v) is 9.45. The molecule has 1 fully saturated rings. The van der Waals surface area contributed by atoms with Crippen molar-refractivity contribution in [2.45, 2.75) is 45.4 Å². The largest absolute Gasteiger partial charge is 0.525 e. The summed E-state index contributed by atoms with van der Waals surface area (Å²) < 4.78 is 38.6. The van der Waals surface area contributed by atoms with Gasteiger partial charge in [-0.1, -0.05) is 17.3 Å². The zero-order chi connectivity index (χ0) is 22.1. The summed E-state index contributed by atoms with van der Waals surface area (Å²) in [4.78, 5) is 11.7. The molecule has 3 rings (SSSR count). The smallest absolute Gasteiger partial charge is 0.497 e. The van der Waals surface area contributed by atoms with Crippen LogP contribution in [-0.2, 0) is 20.6 Å². The number of hydrogen-bond acceptors (Lipinski definition) is 7. The molecule has 0 radical (unpaired) electrons. The Bertz CT molecular complexity index is 940. The summed E-state index contributed by atoms with van der Waals surface area (Å²) in [6.45, 7) is 7.42. The number of halogens is 1. The molecule has 1 aromatic heterocycles. The van der Waals surface area contributed by atoms with Crippen molar-refractivity contribution in [3.8, 4) is 5.75 Å². The molecule has 1 saturated heterocycles. The Morgan fingerprint density at radius 1 is 1.13 bits per heavy atom. The second kappa shape index (κ2) is 8.19. The highest BCUT2D eigenvalue weighted by Crippen LogP contribution is 2.40. The molecule has 30 heavy (non-hydrogen) atoms. The molecule has 2 aromatic rings. The first kappa shape index (κ1) is 22.0. The van der Waals surface area contributed by atoms with Crippen molar-refractivity contribution >= 4 is 18.7 Å². The van der Waals surface area contributed by atoms with Crippen molar-refractivity contribution in [1.29, 1.82) is 0 Å². The van der Waals surface area contributed by atoms with Crippen LogP contribution in [0.5, 0.6) is 5.75 Å². The molecule has 0 amide bonds. The van der Waals surface area contributed by atoms with Gasteiger partial charge in [-0.15, -0.1) is 5.10 Å². The molecule has 8 nitrogen and oxygen atoms in total. The molecule has 1 aliphatic heterocycles. The van der Waals surface area contributed by atoms with Gasteiger partial charge in [-0.25, -0.2) is 13.9 Å². The summed E-state index contributed by atoms with van der Waals surface area (Å²) in [5.74, 6) is 0.0190. The molecule has 0 unspecified atom stereocenters. The average molecular weight is 417 g/mol. The molecule has 0 saturated carbocycles. The molecule has 0 atom stereocenters. The fourth-order valence-corrected chi connectivity index (χ4v) is 2.92. The van der Waals surface area contributed by atoms with Gasteiger partial charge in [0.15, 0.2) is 5.69 Å². The van der Waals surface area contributed by atoms with Gasteiger partial charge >= 0.3 is 13.1 Å². The molecule has 0 spiro atoms. The van der Waals surface area contributed by atoms with E-state index in [-0.39, 0.29) is 17.8 Å². The summed E-state index contributed by atoms with van der Waals surface area (Å²) in [5.41, 5.74) is -1.04. The fourth-order valence-electron chi connectivity index (χ4n) is 2.92. The van der Waals surface area contributed by atoms with E-state index in [9.17, 15) is 4.79 Å². The van der Waals surface area contributed by atoms with Gasteiger partial charge < -0.3 is 18.8 Å². The summed E-state index contributed by atoms with van der Waals surface area (Å²) in [6.07, 6.45) is 1.40. The average Bonchev–Trinajstić information content (AvgIpc) is 3.26. The number of esters is 1. The number of hydrogen-bond donors (Lipinski definition) is 0. The number of methoxy groups -OCH3 is 2. The van der Waals surface area contributed by atoms with E-state index in [2.05, 4.69) is 15.0 Å². The first-order valence-electron chi connectivity index (χ1n) is 9.45. The predicted octanol–water partition coefficient (Wildman–Crippen LogP) is 3.09. The van der Waals surface area contributed by atoms with Crippen LogP contribution in [0, 0.1) is 0 Å². The first-order chi connectivity index (χ1) is 14.1. The van der Waals surface area contributed by atoms with Crippen LogP contribution in [0.4, 0.5) is 4.39 Å². The van der Waals surface area contributed by atoms with Crippen LogP contribution >= 0.6 is 0 Å². The van der Waals surface area contributed by atoms with Crippen molar-refractivity contribution in [2.24, 2.45) is 0 Å². The Morgan fingerprint density at radius 2 is 1.73 bits per heavy atom. The number of allylic oxidation sites excluding steroid dienone is 1. The molecule has 0 bridgehead atoms. The standard InChI is InChI=1S/C20H25BFN3O5/c1-19(2)20(3,4)30-21(29-19)17(22)15(13-7-9-14(27-5)10-8-13)11-25-12-16(23-24-25)18(26)28-6/h7-10,12H,11H2,1-6H3. The third-order valence-electron chi connectivity index (χ3n) is 5.44. The maximum atomic E-state index is 15.7. The fraction of sp³-hybridized carbons (Fsp3) is 0.450. The summed E-state index contributed by atoms with van der Waals surface area (Å²) in [5, 5.41) is 7.68. The molecular weight excluding hydrogens is 392 g/mol. The minimum absolute atomic E-state index is 0.00618. The van der Waals surface area contributed by atoms with Gasteiger partial charge in [0.25, 0.3) is 0 Å². The number of benzene rings is 1. The summed E-state index contributed by atoms with van der Waals surface area (Å²) >= 11 is 0. The summed E-state index contributed by atoms with van der Waals surface area (Å²) in [7, 11) is 1.64. The zero-order valence-electron chi connectivity index (χ0n) is 17.9. The van der Waals surface area contributed by atoms with Crippen molar-refractivity contribution < 1.29 is 28.0 Å². The number of carbonyl (C=O) groups is 1. The minimum atomic E-state index is -1.17. The quantitative estimate of drug-likeness (QED) is 0.528. The van der Waals surface area contributed by atoms with Gasteiger partial charge in [-0.05, 0) is 45.4 Å². The van der Waals surface area contributed by atoms with E-state index in [1.54, 1.807) is 31.4 Å². The number of carbonyl (C=O) groups excluding carboxylic acids is 1. The highest BCUT2D eigenvalue weighted by molar-refractivity contribution is 6.55. The van der Waals surface area contributed by atoms with Gasteiger partial charge in [-0.2, -0.15) is 0 Å². The van der Waals surface area contributed by atoms with E-state index in [0.29, 0.717) is 11.3 Å². The van der Waals surface area contributed by atoms with E-state index in [0.717, 1.165) is 0 Å². The summed E-state index contributed by atoms with van der Waals surface area (Å²) in [6, 6.07) is 6.93. The van der Waals surface area contributed by atoms with Crippen LogP contribution in [-0.4, -0.2) is 53.5 Å². The SMILES string of the molecule is COC(=O)c1cn(CC(=C(F)B2OC(C)(C)C(C)(C)O2)c2ccc(OC)cc2)nn1. The maximum absolute atomic E-state index is 15.7. The van der Waals surface area contributed by atoms with Crippen LogP contribution in [0.15, 0.2) is 36.2 Å². The molecular formula is C20H25BFN3O5. The van der Waals surface area contributed by atoms with Crippen molar-refractivity contribution in [3.05, 3.63) is 47.4 Å². The van der Waals surface area contributed by atoms with Crippen molar-refractivity contribution in [1.82, 2.24) is 15.0 Å². The van der Waals surface area contributed by atoms with Gasteiger partial charge in [0.1, 0.15) is 11.5 Å². The van der Waals surface area contributed by atoms with Gasteiger partial charge in [0, 0.05) is 5.57 Å². The lowest BCUT2D eigenvalue weighted by Gasteiger charge is -2.32. The van der Waals surface area contributed by atoms with E-state index in [1.807, 2.05) is 27.7 Å². The lowest BCUT2D eigenvalue weighted by atomic mass is 9.82. The second-order valence-corrected chi connectivity index (χ2v) is 7.94. The van der Waals surface area contributed by atoms with Crippen molar-refractivity contribution in [3.63, 3.8) is 0 Å². The molecule has 1 aliphatic rings. The normalized spacial score (nSPS) is 18.2. The van der Waals surface area contributed by atoms with Gasteiger partial charge in [0.2, 0.25) is 0 Å². The number of aromatic nitrogens is 3. The van der Waals surface area contributed by atoms with Crippen LogP contribution < -0.4 is 4.74 Å². The van der Waals surface area contributed by atoms with Crippen LogP contribution in [0.3, 0.4) is 0 Å².